The van der Waals surface area contributed by atoms with Gasteiger partial charge in [0.25, 0.3) is 0 Å². The van der Waals surface area contributed by atoms with Crippen LogP contribution in [0.15, 0.2) is 0 Å². The lowest BCUT2D eigenvalue weighted by atomic mass is 9.99. The Bertz CT molecular complexity index is 423. The second-order valence-corrected chi connectivity index (χ2v) is 10.2. The lowest BCUT2D eigenvalue weighted by molar-refractivity contribution is 0.0953. The minimum absolute atomic E-state index is 0.724. The van der Waals surface area contributed by atoms with Gasteiger partial charge in [-0.15, -0.1) is 0 Å². The number of nitrogens with zero attached hydrogens (tertiary/aromatic N) is 3. The standard InChI is InChI=1S/C22H41N3/c1-4-5-22(6-7-22)17-24-15-20-12-19(13-21(20)16-24)14-23-8-10-25(11-9-23)18(2)3/h18-21H,4-17H2,1-3H3/t19?,20-,21+. The first-order valence-corrected chi connectivity index (χ1v) is 11.3. The Morgan fingerprint density at radius 1 is 0.920 bits per heavy atom. The highest BCUT2D eigenvalue weighted by Gasteiger charge is 2.47. The first-order chi connectivity index (χ1) is 12.1. The van der Waals surface area contributed by atoms with Crippen LogP contribution in [0.1, 0.15) is 59.3 Å². The van der Waals surface area contributed by atoms with Crippen molar-refractivity contribution in [3.05, 3.63) is 0 Å². The molecule has 0 bridgehead atoms. The predicted molar refractivity (Wildman–Crippen MR) is 106 cm³/mol. The van der Waals surface area contributed by atoms with Gasteiger partial charge in [-0.05, 0) is 69.1 Å². The zero-order valence-corrected chi connectivity index (χ0v) is 17.1. The first-order valence-electron chi connectivity index (χ1n) is 11.3. The van der Waals surface area contributed by atoms with E-state index in [1.807, 2.05) is 0 Å². The molecule has 3 atom stereocenters. The number of piperazine rings is 1. The van der Waals surface area contributed by atoms with E-state index in [4.69, 9.17) is 0 Å². The number of fused-ring (bicyclic) bond motifs is 1. The summed E-state index contributed by atoms with van der Waals surface area (Å²) in [6.45, 7) is 17.9. The Morgan fingerprint density at radius 2 is 1.56 bits per heavy atom. The molecule has 2 aliphatic heterocycles. The molecule has 3 heteroatoms. The number of likely N-dealkylation sites (tertiary alicyclic amines) is 1. The van der Waals surface area contributed by atoms with Crippen LogP contribution in [0.25, 0.3) is 0 Å². The SMILES string of the molecule is CCCC1(CN2C[C@H]3CC(CN4CCN(C(C)C)CC4)C[C@H]3C2)CC1. The van der Waals surface area contributed by atoms with E-state index in [2.05, 4.69) is 35.5 Å². The molecule has 4 fully saturated rings. The molecule has 0 spiro atoms. The minimum Gasteiger partial charge on any atom is -0.302 e. The van der Waals surface area contributed by atoms with Crippen LogP contribution in [0.2, 0.25) is 0 Å². The van der Waals surface area contributed by atoms with Gasteiger partial charge in [0.1, 0.15) is 0 Å². The van der Waals surface area contributed by atoms with Gasteiger partial charge in [-0.2, -0.15) is 0 Å². The Labute approximate surface area is 156 Å². The van der Waals surface area contributed by atoms with Crippen molar-refractivity contribution < 1.29 is 0 Å². The maximum Gasteiger partial charge on any atom is 0.0113 e. The third kappa shape index (κ3) is 4.25. The molecule has 0 amide bonds. The van der Waals surface area contributed by atoms with Crippen molar-refractivity contribution >= 4 is 0 Å². The third-order valence-corrected chi connectivity index (χ3v) is 7.87. The van der Waals surface area contributed by atoms with Crippen molar-refractivity contribution in [1.82, 2.24) is 14.7 Å². The summed E-state index contributed by atoms with van der Waals surface area (Å²) < 4.78 is 0. The Balaban J connectivity index is 1.18. The van der Waals surface area contributed by atoms with Gasteiger partial charge in [0.2, 0.25) is 0 Å². The molecule has 2 saturated carbocycles. The van der Waals surface area contributed by atoms with E-state index in [1.54, 1.807) is 0 Å². The van der Waals surface area contributed by atoms with E-state index in [1.165, 1.54) is 90.9 Å². The van der Waals surface area contributed by atoms with E-state index in [-0.39, 0.29) is 0 Å². The van der Waals surface area contributed by atoms with E-state index in [0.29, 0.717) is 0 Å². The molecule has 144 valence electrons. The highest BCUT2D eigenvalue weighted by molar-refractivity contribution is 4.99. The zero-order valence-electron chi connectivity index (χ0n) is 17.1. The predicted octanol–water partition coefficient (Wildman–Crippen LogP) is 3.55. The maximum atomic E-state index is 2.86. The summed E-state index contributed by atoms with van der Waals surface area (Å²) in [5.41, 5.74) is 0.753. The molecule has 25 heavy (non-hydrogen) atoms. The van der Waals surface area contributed by atoms with Crippen molar-refractivity contribution in [2.45, 2.75) is 65.3 Å². The molecule has 2 heterocycles. The van der Waals surface area contributed by atoms with Gasteiger partial charge in [0, 0.05) is 58.4 Å². The van der Waals surface area contributed by atoms with Crippen molar-refractivity contribution in [2.75, 3.05) is 52.4 Å². The fourth-order valence-corrected chi connectivity index (χ4v) is 6.30. The number of hydrogen-bond acceptors (Lipinski definition) is 3. The van der Waals surface area contributed by atoms with Crippen LogP contribution in [-0.2, 0) is 0 Å². The van der Waals surface area contributed by atoms with Gasteiger partial charge < -0.3 is 9.80 Å². The molecule has 4 aliphatic rings. The third-order valence-electron chi connectivity index (χ3n) is 7.87. The molecule has 0 aromatic carbocycles. The summed E-state index contributed by atoms with van der Waals surface area (Å²) in [5.74, 6) is 3.05. The van der Waals surface area contributed by atoms with Crippen LogP contribution in [0, 0.1) is 23.2 Å². The number of hydrogen-bond donors (Lipinski definition) is 0. The molecule has 2 aliphatic carbocycles. The van der Waals surface area contributed by atoms with Crippen molar-refractivity contribution in [2.24, 2.45) is 23.2 Å². The van der Waals surface area contributed by atoms with Crippen LogP contribution in [0.3, 0.4) is 0 Å². The van der Waals surface area contributed by atoms with Crippen LogP contribution < -0.4 is 0 Å². The van der Waals surface area contributed by atoms with Crippen LogP contribution in [0.4, 0.5) is 0 Å². The summed E-state index contributed by atoms with van der Waals surface area (Å²) in [5, 5.41) is 0. The zero-order chi connectivity index (χ0) is 17.4. The average Bonchev–Trinajstić information content (AvgIpc) is 3.07. The minimum atomic E-state index is 0.724. The van der Waals surface area contributed by atoms with Gasteiger partial charge >= 0.3 is 0 Å². The molecule has 1 unspecified atom stereocenters. The summed E-state index contributed by atoms with van der Waals surface area (Å²) in [4.78, 5) is 8.26. The topological polar surface area (TPSA) is 9.72 Å². The molecule has 2 saturated heterocycles. The molecule has 3 nitrogen and oxygen atoms in total. The van der Waals surface area contributed by atoms with E-state index < -0.39 is 0 Å². The summed E-state index contributed by atoms with van der Waals surface area (Å²) in [7, 11) is 0. The van der Waals surface area contributed by atoms with Gasteiger partial charge in [-0.25, -0.2) is 0 Å². The normalized spacial score (nSPS) is 36.2. The lowest BCUT2D eigenvalue weighted by Gasteiger charge is -2.38. The highest BCUT2D eigenvalue weighted by Crippen LogP contribution is 2.52. The van der Waals surface area contributed by atoms with Crippen LogP contribution in [-0.4, -0.2) is 73.1 Å². The van der Waals surface area contributed by atoms with E-state index in [0.717, 1.165) is 29.2 Å². The summed E-state index contributed by atoms with van der Waals surface area (Å²) in [6.07, 6.45) is 8.92. The van der Waals surface area contributed by atoms with Gasteiger partial charge in [-0.1, -0.05) is 13.3 Å². The fraction of sp³-hybridized carbons (Fsp3) is 1.00. The molecule has 0 radical (unpaired) electrons. The summed E-state index contributed by atoms with van der Waals surface area (Å²) >= 11 is 0. The van der Waals surface area contributed by atoms with Gasteiger partial charge in [0.05, 0.1) is 0 Å². The lowest BCUT2D eigenvalue weighted by Crippen LogP contribution is -2.49. The second kappa shape index (κ2) is 7.48. The van der Waals surface area contributed by atoms with Crippen LogP contribution >= 0.6 is 0 Å². The highest BCUT2D eigenvalue weighted by atomic mass is 15.3. The quantitative estimate of drug-likeness (QED) is 0.697. The largest absolute Gasteiger partial charge is 0.302 e. The molecule has 0 aromatic rings. The second-order valence-electron chi connectivity index (χ2n) is 10.2. The van der Waals surface area contributed by atoms with Gasteiger partial charge in [0.15, 0.2) is 0 Å². The average molecular weight is 348 g/mol. The number of rotatable bonds is 7. The summed E-state index contributed by atoms with van der Waals surface area (Å²) in [6, 6.07) is 0.724. The smallest absolute Gasteiger partial charge is 0.0113 e. The molecular formula is C22H41N3. The van der Waals surface area contributed by atoms with E-state index in [9.17, 15) is 0 Å². The Hall–Kier alpha value is -0.120. The van der Waals surface area contributed by atoms with Crippen LogP contribution in [0.5, 0.6) is 0 Å². The first kappa shape index (κ1) is 18.3. The molecule has 0 aromatic heterocycles. The fourth-order valence-electron chi connectivity index (χ4n) is 6.30. The Kier molecular flexibility index (Phi) is 5.46. The molecule has 4 rings (SSSR count). The Morgan fingerprint density at radius 3 is 2.08 bits per heavy atom. The van der Waals surface area contributed by atoms with Crippen molar-refractivity contribution in [1.29, 1.82) is 0 Å². The molecule has 0 N–H and O–H groups in total. The van der Waals surface area contributed by atoms with E-state index >= 15 is 0 Å². The monoisotopic (exact) mass is 347 g/mol. The maximum absolute atomic E-state index is 2.86. The molecular weight excluding hydrogens is 306 g/mol. The van der Waals surface area contributed by atoms with Gasteiger partial charge in [-0.3, -0.25) is 4.90 Å². The van der Waals surface area contributed by atoms with Crippen molar-refractivity contribution in [3.8, 4) is 0 Å². The van der Waals surface area contributed by atoms with Crippen molar-refractivity contribution in [3.63, 3.8) is 0 Å².